The van der Waals surface area contributed by atoms with Gasteiger partial charge in [-0.3, -0.25) is 4.79 Å². The summed E-state index contributed by atoms with van der Waals surface area (Å²) in [4.78, 5) is 11.3. The van der Waals surface area contributed by atoms with E-state index in [1.807, 2.05) is 18.2 Å². The molecule has 0 fully saturated rings. The number of carbonyl (C=O) groups is 1. The highest BCUT2D eigenvalue weighted by molar-refractivity contribution is 5.80. The Hall–Kier alpha value is -1.57. The zero-order chi connectivity index (χ0) is 12.3. The molecule has 1 aromatic carbocycles. The molecule has 0 aromatic heterocycles. The molecule has 0 N–H and O–H groups in total. The summed E-state index contributed by atoms with van der Waals surface area (Å²) < 4.78 is 5.37. The van der Waals surface area contributed by atoms with Crippen LogP contribution >= 0.6 is 0 Å². The van der Waals surface area contributed by atoms with Crippen LogP contribution in [0.15, 0.2) is 30.3 Å². The van der Waals surface area contributed by atoms with Crippen LogP contribution in [0.1, 0.15) is 31.7 Å². The quantitative estimate of drug-likeness (QED) is 0.794. The van der Waals surface area contributed by atoms with Gasteiger partial charge in [0.05, 0.1) is 7.11 Å². The molecule has 17 heavy (non-hydrogen) atoms. The summed E-state index contributed by atoms with van der Waals surface area (Å²) >= 11 is 0. The maximum Gasteiger partial charge on any atom is 0.133 e. The number of ketones is 1. The van der Waals surface area contributed by atoms with Gasteiger partial charge in [0.15, 0.2) is 0 Å². The van der Waals surface area contributed by atoms with Crippen molar-refractivity contribution in [1.29, 1.82) is 0 Å². The normalized spacial score (nSPS) is 19.6. The second kappa shape index (κ2) is 5.17. The molecule has 0 saturated carbocycles. The minimum atomic E-state index is 0.216. The first-order valence-corrected chi connectivity index (χ1v) is 6.05. The van der Waals surface area contributed by atoms with Gasteiger partial charge in [0.25, 0.3) is 0 Å². The Morgan fingerprint density at radius 2 is 2.12 bits per heavy atom. The predicted octanol–water partition coefficient (Wildman–Crippen LogP) is 3.47. The third-order valence-electron chi connectivity index (χ3n) is 3.44. The maximum atomic E-state index is 11.3. The van der Waals surface area contributed by atoms with E-state index in [1.165, 1.54) is 5.57 Å². The van der Waals surface area contributed by atoms with Crippen molar-refractivity contribution in [2.45, 2.75) is 26.2 Å². The molecule has 90 valence electrons. The summed E-state index contributed by atoms with van der Waals surface area (Å²) in [5.74, 6) is 1.44. The summed E-state index contributed by atoms with van der Waals surface area (Å²) in [6.45, 7) is 1.69. The molecular weight excluding hydrogens is 212 g/mol. The van der Waals surface area contributed by atoms with Crippen molar-refractivity contribution in [3.63, 3.8) is 0 Å². The summed E-state index contributed by atoms with van der Waals surface area (Å²) in [7, 11) is 1.70. The molecule has 2 heteroatoms. The predicted molar refractivity (Wildman–Crippen MR) is 69.0 cm³/mol. The molecule has 0 radical (unpaired) electrons. The topological polar surface area (TPSA) is 26.3 Å². The number of rotatable bonds is 3. The van der Waals surface area contributed by atoms with Gasteiger partial charge in [-0.1, -0.05) is 24.3 Å². The standard InChI is InChI=1S/C15H18O2/c1-11(16)12-7-9-13(10-8-12)14-5-3-4-6-15(14)17-2/h3-6,9,12H,7-8,10H2,1-2H3. The van der Waals surface area contributed by atoms with Crippen LogP contribution in [0.2, 0.25) is 0 Å². The smallest absolute Gasteiger partial charge is 0.133 e. The average Bonchev–Trinajstić information content (AvgIpc) is 2.39. The molecule has 1 atom stereocenters. The second-order valence-electron chi connectivity index (χ2n) is 4.51. The van der Waals surface area contributed by atoms with E-state index < -0.39 is 0 Å². The fraction of sp³-hybridized carbons (Fsp3) is 0.400. The Labute approximate surface area is 102 Å². The third kappa shape index (κ3) is 2.57. The minimum absolute atomic E-state index is 0.216. The largest absolute Gasteiger partial charge is 0.496 e. The van der Waals surface area contributed by atoms with E-state index in [0.717, 1.165) is 30.6 Å². The van der Waals surface area contributed by atoms with E-state index in [9.17, 15) is 4.79 Å². The van der Waals surface area contributed by atoms with E-state index in [0.29, 0.717) is 5.78 Å². The van der Waals surface area contributed by atoms with Crippen LogP contribution in [-0.4, -0.2) is 12.9 Å². The Bertz CT molecular complexity index is 446. The van der Waals surface area contributed by atoms with Crippen molar-refractivity contribution in [3.8, 4) is 5.75 Å². The van der Waals surface area contributed by atoms with Crippen LogP contribution in [-0.2, 0) is 4.79 Å². The van der Waals surface area contributed by atoms with Crippen molar-refractivity contribution in [2.24, 2.45) is 5.92 Å². The first-order valence-electron chi connectivity index (χ1n) is 6.05. The molecule has 1 aromatic rings. The number of Topliss-reactive ketones (excluding diaryl/α,β-unsaturated/α-hetero) is 1. The van der Waals surface area contributed by atoms with Gasteiger partial charge in [0.2, 0.25) is 0 Å². The summed E-state index contributed by atoms with van der Waals surface area (Å²) in [6.07, 6.45) is 4.97. The number of para-hydroxylation sites is 1. The van der Waals surface area contributed by atoms with E-state index in [1.54, 1.807) is 14.0 Å². The lowest BCUT2D eigenvalue weighted by Gasteiger charge is -2.21. The monoisotopic (exact) mass is 230 g/mol. The fourth-order valence-corrected chi connectivity index (χ4v) is 2.36. The van der Waals surface area contributed by atoms with Crippen LogP contribution in [0.5, 0.6) is 5.75 Å². The lowest BCUT2D eigenvalue weighted by molar-refractivity contribution is -0.120. The molecule has 1 aliphatic carbocycles. The first kappa shape index (κ1) is 11.9. The number of hydrogen-bond acceptors (Lipinski definition) is 2. The molecule has 2 rings (SSSR count). The Morgan fingerprint density at radius 3 is 2.71 bits per heavy atom. The molecule has 0 saturated heterocycles. The average molecular weight is 230 g/mol. The van der Waals surface area contributed by atoms with Gasteiger partial charge in [-0.15, -0.1) is 0 Å². The van der Waals surface area contributed by atoms with E-state index in [-0.39, 0.29) is 5.92 Å². The van der Waals surface area contributed by atoms with Gasteiger partial charge in [0, 0.05) is 11.5 Å². The molecule has 0 bridgehead atoms. The van der Waals surface area contributed by atoms with Crippen LogP contribution in [0.4, 0.5) is 0 Å². The molecule has 0 heterocycles. The summed E-state index contributed by atoms with van der Waals surface area (Å²) in [5, 5.41) is 0. The van der Waals surface area contributed by atoms with Crippen molar-refractivity contribution in [3.05, 3.63) is 35.9 Å². The highest BCUT2D eigenvalue weighted by Crippen LogP contribution is 2.34. The van der Waals surface area contributed by atoms with Crippen molar-refractivity contribution in [1.82, 2.24) is 0 Å². The minimum Gasteiger partial charge on any atom is -0.496 e. The Morgan fingerprint density at radius 1 is 1.35 bits per heavy atom. The van der Waals surface area contributed by atoms with Gasteiger partial charge in [-0.05, 0) is 37.8 Å². The second-order valence-corrected chi connectivity index (χ2v) is 4.51. The first-order chi connectivity index (χ1) is 8.22. The molecule has 2 nitrogen and oxygen atoms in total. The van der Waals surface area contributed by atoms with Gasteiger partial charge < -0.3 is 4.74 Å². The Balaban J connectivity index is 2.22. The van der Waals surface area contributed by atoms with Gasteiger partial charge in [-0.25, -0.2) is 0 Å². The zero-order valence-corrected chi connectivity index (χ0v) is 10.4. The van der Waals surface area contributed by atoms with Crippen LogP contribution in [0.25, 0.3) is 5.57 Å². The maximum absolute atomic E-state index is 11.3. The van der Waals surface area contributed by atoms with E-state index in [2.05, 4.69) is 12.1 Å². The van der Waals surface area contributed by atoms with E-state index >= 15 is 0 Å². The van der Waals surface area contributed by atoms with Gasteiger partial charge in [-0.2, -0.15) is 0 Å². The van der Waals surface area contributed by atoms with Gasteiger partial charge in [0.1, 0.15) is 11.5 Å². The van der Waals surface area contributed by atoms with Crippen LogP contribution in [0.3, 0.4) is 0 Å². The molecule has 1 aliphatic rings. The number of ether oxygens (including phenoxy) is 1. The van der Waals surface area contributed by atoms with Crippen LogP contribution in [0, 0.1) is 5.92 Å². The van der Waals surface area contributed by atoms with E-state index in [4.69, 9.17) is 4.74 Å². The number of allylic oxidation sites excluding steroid dienone is 2. The highest BCUT2D eigenvalue weighted by atomic mass is 16.5. The van der Waals surface area contributed by atoms with Crippen molar-refractivity contribution < 1.29 is 9.53 Å². The van der Waals surface area contributed by atoms with Crippen molar-refractivity contribution >= 4 is 11.4 Å². The number of hydrogen-bond donors (Lipinski definition) is 0. The number of benzene rings is 1. The molecule has 1 unspecified atom stereocenters. The lowest BCUT2D eigenvalue weighted by Crippen LogP contribution is -2.13. The third-order valence-corrected chi connectivity index (χ3v) is 3.44. The molecule has 0 aliphatic heterocycles. The highest BCUT2D eigenvalue weighted by Gasteiger charge is 2.20. The fourth-order valence-electron chi connectivity index (χ4n) is 2.36. The Kier molecular flexibility index (Phi) is 3.62. The van der Waals surface area contributed by atoms with Crippen LogP contribution < -0.4 is 4.74 Å². The summed E-state index contributed by atoms with van der Waals surface area (Å²) in [5.41, 5.74) is 2.47. The van der Waals surface area contributed by atoms with Gasteiger partial charge >= 0.3 is 0 Å². The number of methoxy groups -OCH3 is 1. The van der Waals surface area contributed by atoms with Crippen molar-refractivity contribution in [2.75, 3.05) is 7.11 Å². The molecular formula is C15H18O2. The number of carbonyl (C=O) groups excluding carboxylic acids is 1. The zero-order valence-electron chi connectivity index (χ0n) is 10.4. The SMILES string of the molecule is COc1ccccc1C1=CCC(C(C)=O)CC1. The molecule has 0 amide bonds. The lowest BCUT2D eigenvalue weighted by atomic mass is 9.84. The summed E-state index contributed by atoms with van der Waals surface area (Å²) in [6, 6.07) is 8.06. The molecule has 0 spiro atoms.